The maximum Gasteiger partial charge on any atom is 0.411 e. The lowest BCUT2D eigenvalue weighted by atomic mass is 9.88. The zero-order valence-corrected chi connectivity index (χ0v) is 20.7. The van der Waals surface area contributed by atoms with E-state index in [4.69, 9.17) is 0 Å². The number of anilines is 1. The van der Waals surface area contributed by atoms with Gasteiger partial charge in [-0.25, -0.2) is 4.79 Å². The van der Waals surface area contributed by atoms with E-state index in [-0.39, 0.29) is 35.9 Å². The quantitative estimate of drug-likeness (QED) is 0.301. The molecule has 1 aromatic rings. The van der Waals surface area contributed by atoms with Crippen LogP contribution in [-0.2, 0) is 16.1 Å². The van der Waals surface area contributed by atoms with Gasteiger partial charge in [0, 0.05) is 44.3 Å². The molecule has 2 amide bonds. The topological polar surface area (TPSA) is 95.1 Å². The molecule has 1 aliphatic heterocycles. The molecule has 0 radical (unpaired) electrons. The zero-order chi connectivity index (χ0) is 21.3. The van der Waals surface area contributed by atoms with Gasteiger partial charge in [-0.1, -0.05) is 31.4 Å². The summed E-state index contributed by atoms with van der Waals surface area (Å²) in [6.07, 6.45) is 6.17. The molecule has 8 nitrogen and oxygen atoms in total. The van der Waals surface area contributed by atoms with E-state index < -0.39 is 6.09 Å². The van der Waals surface area contributed by atoms with E-state index in [0.29, 0.717) is 18.1 Å². The Balaban J connectivity index is 0.00000341. The van der Waals surface area contributed by atoms with E-state index in [1.165, 1.54) is 26.4 Å². The highest BCUT2D eigenvalue weighted by molar-refractivity contribution is 14.0. The number of hydrogen-bond acceptors (Lipinski definition) is 4. The highest BCUT2D eigenvalue weighted by atomic mass is 127. The summed E-state index contributed by atoms with van der Waals surface area (Å²) >= 11 is 0. The first kappa shape index (κ1) is 25.2. The van der Waals surface area contributed by atoms with Gasteiger partial charge in [-0.15, -0.1) is 24.0 Å². The SMILES string of the molecule is CN=C(NCc1ccc(NC(=O)OC)cc1)NC1CCN(C(=O)C2CCCCC2)C1.I. The normalized spacial score (nSPS) is 19.4. The molecule has 3 N–H and O–H groups in total. The van der Waals surface area contributed by atoms with E-state index in [2.05, 4.69) is 25.7 Å². The van der Waals surface area contributed by atoms with Gasteiger partial charge in [0.1, 0.15) is 0 Å². The number of nitrogens with zero attached hydrogens (tertiary/aromatic N) is 2. The molecule has 1 aliphatic carbocycles. The van der Waals surface area contributed by atoms with E-state index in [1.54, 1.807) is 7.05 Å². The second-order valence-electron chi connectivity index (χ2n) is 7.99. The molecule has 3 rings (SSSR count). The van der Waals surface area contributed by atoms with E-state index >= 15 is 0 Å². The number of nitrogens with one attached hydrogen (secondary N) is 3. The Kier molecular flexibility index (Phi) is 10.4. The number of rotatable bonds is 5. The molecule has 2 fully saturated rings. The Bertz CT molecular complexity index is 750. The lowest BCUT2D eigenvalue weighted by molar-refractivity contribution is -0.135. The van der Waals surface area contributed by atoms with Crippen LogP contribution in [0.4, 0.5) is 10.5 Å². The summed E-state index contributed by atoms with van der Waals surface area (Å²) in [5.41, 5.74) is 1.75. The number of amides is 2. The number of aliphatic imine (C=N–C) groups is 1. The van der Waals surface area contributed by atoms with E-state index in [9.17, 15) is 9.59 Å². The minimum atomic E-state index is -0.488. The fraction of sp³-hybridized carbons (Fsp3) is 0.591. The van der Waals surface area contributed by atoms with Crippen molar-refractivity contribution in [2.24, 2.45) is 10.9 Å². The van der Waals surface area contributed by atoms with Crippen LogP contribution in [0.15, 0.2) is 29.3 Å². The van der Waals surface area contributed by atoms with Crippen molar-refractivity contribution in [1.82, 2.24) is 15.5 Å². The minimum Gasteiger partial charge on any atom is -0.453 e. The molecular formula is C22H34IN5O3. The van der Waals surface area contributed by atoms with Crippen molar-refractivity contribution >= 4 is 47.6 Å². The molecule has 1 saturated carbocycles. The Morgan fingerprint density at radius 3 is 2.48 bits per heavy atom. The smallest absolute Gasteiger partial charge is 0.411 e. The molecule has 1 aromatic carbocycles. The average molecular weight is 543 g/mol. The second kappa shape index (κ2) is 12.7. The average Bonchev–Trinajstić information content (AvgIpc) is 3.26. The van der Waals surface area contributed by atoms with Gasteiger partial charge in [0.2, 0.25) is 5.91 Å². The van der Waals surface area contributed by atoms with Crippen molar-refractivity contribution in [3.63, 3.8) is 0 Å². The Morgan fingerprint density at radius 2 is 1.84 bits per heavy atom. The van der Waals surface area contributed by atoms with Crippen LogP contribution in [0, 0.1) is 5.92 Å². The third-order valence-corrected chi connectivity index (χ3v) is 5.86. The fourth-order valence-corrected chi connectivity index (χ4v) is 4.13. The maximum atomic E-state index is 12.7. The molecule has 31 heavy (non-hydrogen) atoms. The Labute approximate surface area is 201 Å². The second-order valence-corrected chi connectivity index (χ2v) is 7.99. The molecule has 0 bridgehead atoms. The number of carbonyl (C=O) groups excluding carboxylic acids is 2. The summed E-state index contributed by atoms with van der Waals surface area (Å²) in [6.45, 7) is 2.16. The number of likely N-dealkylation sites (tertiary alicyclic amines) is 1. The molecule has 9 heteroatoms. The van der Waals surface area contributed by atoms with Crippen LogP contribution >= 0.6 is 24.0 Å². The van der Waals surface area contributed by atoms with Crippen LogP contribution in [0.3, 0.4) is 0 Å². The Morgan fingerprint density at radius 1 is 1.13 bits per heavy atom. The standard InChI is InChI=1S/C22H33N5O3.HI/c1-23-21(24-14-16-8-10-18(11-9-16)26-22(29)30-2)25-19-12-13-27(15-19)20(28)17-6-4-3-5-7-17;/h8-11,17,19H,3-7,12-15H2,1-2H3,(H,26,29)(H2,23,24,25);1H. The molecule has 1 unspecified atom stereocenters. The van der Waals surface area contributed by atoms with Crippen LogP contribution in [0.25, 0.3) is 0 Å². The van der Waals surface area contributed by atoms with Gasteiger partial charge in [-0.2, -0.15) is 0 Å². The van der Waals surface area contributed by atoms with Crippen molar-refractivity contribution in [1.29, 1.82) is 0 Å². The van der Waals surface area contributed by atoms with Gasteiger partial charge in [0.05, 0.1) is 7.11 Å². The molecule has 1 saturated heterocycles. The first-order chi connectivity index (χ1) is 14.6. The third kappa shape index (κ3) is 7.55. The zero-order valence-electron chi connectivity index (χ0n) is 18.4. The summed E-state index contributed by atoms with van der Waals surface area (Å²) in [7, 11) is 3.08. The van der Waals surface area contributed by atoms with Crippen molar-refractivity contribution in [3.8, 4) is 0 Å². The number of halogens is 1. The lowest BCUT2D eigenvalue weighted by Gasteiger charge is -2.26. The molecule has 0 spiro atoms. The van der Waals surface area contributed by atoms with Crippen molar-refractivity contribution < 1.29 is 14.3 Å². The van der Waals surface area contributed by atoms with Gasteiger partial charge in [0.15, 0.2) is 5.96 Å². The molecule has 1 heterocycles. The predicted molar refractivity (Wildman–Crippen MR) is 133 cm³/mol. The third-order valence-electron chi connectivity index (χ3n) is 5.86. The van der Waals surface area contributed by atoms with Gasteiger partial charge < -0.3 is 20.3 Å². The molecular weight excluding hydrogens is 509 g/mol. The van der Waals surface area contributed by atoms with Gasteiger partial charge >= 0.3 is 6.09 Å². The largest absolute Gasteiger partial charge is 0.453 e. The van der Waals surface area contributed by atoms with Crippen LogP contribution in [-0.4, -0.2) is 56.1 Å². The van der Waals surface area contributed by atoms with E-state index in [1.807, 2.05) is 29.2 Å². The number of benzene rings is 1. The summed E-state index contributed by atoms with van der Waals surface area (Å²) < 4.78 is 4.59. The first-order valence-electron chi connectivity index (χ1n) is 10.8. The molecule has 0 aromatic heterocycles. The predicted octanol–water partition coefficient (Wildman–Crippen LogP) is 3.33. The summed E-state index contributed by atoms with van der Waals surface area (Å²) in [4.78, 5) is 30.3. The van der Waals surface area contributed by atoms with Crippen LogP contribution in [0.2, 0.25) is 0 Å². The Hall–Kier alpha value is -2.04. The monoisotopic (exact) mass is 543 g/mol. The van der Waals surface area contributed by atoms with Gasteiger partial charge in [-0.05, 0) is 37.0 Å². The molecule has 172 valence electrons. The van der Waals surface area contributed by atoms with Gasteiger partial charge in [-0.3, -0.25) is 15.1 Å². The van der Waals surface area contributed by atoms with Crippen molar-refractivity contribution in [2.45, 2.75) is 51.1 Å². The number of ether oxygens (including phenoxy) is 1. The van der Waals surface area contributed by atoms with E-state index in [0.717, 1.165) is 43.9 Å². The number of hydrogen-bond donors (Lipinski definition) is 3. The summed E-state index contributed by atoms with van der Waals surface area (Å²) in [6, 6.07) is 7.75. The summed E-state index contributed by atoms with van der Waals surface area (Å²) in [5, 5.41) is 9.39. The van der Waals surface area contributed by atoms with Crippen molar-refractivity contribution in [3.05, 3.63) is 29.8 Å². The van der Waals surface area contributed by atoms with Crippen LogP contribution in [0.5, 0.6) is 0 Å². The fourth-order valence-electron chi connectivity index (χ4n) is 4.13. The summed E-state index contributed by atoms with van der Waals surface area (Å²) in [5.74, 6) is 1.29. The van der Waals surface area contributed by atoms with Gasteiger partial charge in [0.25, 0.3) is 0 Å². The molecule has 2 aliphatic rings. The number of carbonyl (C=O) groups is 2. The maximum absolute atomic E-state index is 12.7. The number of guanidine groups is 1. The number of methoxy groups -OCH3 is 1. The molecule has 1 atom stereocenters. The first-order valence-corrected chi connectivity index (χ1v) is 10.8. The highest BCUT2D eigenvalue weighted by Gasteiger charge is 2.31. The van der Waals surface area contributed by atoms with Crippen LogP contribution < -0.4 is 16.0 Å². The van der Waals surface area contributed by atoms with Crippen molar-refractivity contribution in [2.75, 3.05) is 32.6 Å². The van der Waals surface area contributed by atoms with Crippen LogP contribution in [0.1, 0.15) is 44.1 Å². The lowest BCUT2D eigenvalue weighted by Crippen LogP contribution is -2.45. The minimum absolute atomic E-state index is 0. The highest BCUT2D eigenvalue weighted by Crippen LogP contribution is 2.26.